The van der Waals surface area contributed by atoms with Crippen molar-refractivity contribution in [3.05, 3.63) is 59.7 Å². The second-order valence-electron chi connectivity index (χ2n) is 16.5. The second kappa shape index (κ2) is 19.1. The molecular weight excluding hydrogens is 604 g/mol. The zero-order valence-electron chi connectivity index (χ0n) is 31.3. The fraction of sp³-hybridized carbons (Fsp3) is 0.689. The number of benzene rings is 2. The lowest BCUT2D eigenvalue weighted by molar-refractivity contribution is -0.141. The fourth-order valence-electron chi connectivity index (χ4n) is 9.10. The van der Waals surface area contributed by atoms with E-state index in [0.29, 0.717) is 23.3 Å². The van der Waals surface area contributed by atoms with Crippen LogP contribution in [0.5, 0.6) is 11.5 Å². The van der Waals surface area contributed by atoms with Crippen molar-refractivity contribution >= 4 is 11.9 Å². The molecule has 6 rings (SSSR count). The van der Waals surface area contributed by atoms with E-state index in [1.807, 2.05) is 24.3 Å². The lowest BCUT2D eigenvalue weighted by Gasteiger charge is -2.27. The Kier molecular flexibility index (Phi) is 14.7. The molecule has 4 aliphatic rings. The summed E-state index contributed by atoms with van der Waals surface area (Å²) in [4.78, 5) is 24.8. The summed E-state index contributed by atoms with van der Waals surface area (Å²) in [6, 6.07) is 16.6. The molecule has 0 N–H and O–H groups in total. The molecule has 4 heteroatoms. The number of esters is 2. The molecule has 0 saturated heterocycles. The van der Waals surface area contributed by atoms with Crippen molar-refractivity contribution in [3.8, 4) is 11.5 Å². The van der Waals surface area contributed by atoms with Gasteiger partial charge in [-0.25, -0.2) is 0 Å². The summed E-state index contributed by atoms with van der Waals surface area (Å²) in [6.45, 7) is 9.21. The van der Waals surface area contributed by atoms with Gasteiger partial charge in [-0.05, 0) is 148 Å². The molecule has 4 nitrogen and oxygen atoms in total. The predicted octanol–water partition coefficient (Wildman–Crippen LogP) is 12.6. The highest BCUT2D eigenvalue weighted by Gasteiger charge is 2.29. The molecule has 2 aromatic carbocycles. The lowest BCUT2D eigenvalue weighted by Crippen LogP contribution is -2.25. The number of carbonyl (C=O) groups excluding carboxylic acids is 2. The van der Waals surface area contributed by atoms with Crippen LogP contribution < -0.4 is 9.47 Å². The summed E-state index contributed by atoms with van der Waals surface area (Å²) in [7, 11) is 0. The summed E-state index contributed by atoms with van der Waals surface area (Å²) >= 11 is 0. The van der Waals surface area contributed by atoms with Gasteiger partial charge in [-0.1, -0.05) is 96.9 Å². The molecule has 0 amide bonds. The number of carbonyl (C=O) groups is 2. The molecule has 4 saturated carbocycles. The van der Waals surface area contributed by atoms with Crippen LogP contribution in [0.3, 0.4) is 0 Å². The molecular formula is C45H66O4. The van der Waals surface area contributed by atoms with Crippen LogP contribution in [0.25, 0.3) is 0 Å². The lowest BCUT2D eigenvalue weighted by atomic mass is 9.79. The Morgan fingerprint density at radius 1 is 0.510 bits per heavy atom. The first-order chi connectivity index (χ1) is 23.8. The van der Waals surface area contributed by atoms with Crippen LogP contribution in [0, 0.1) is 35.5 Å². The Hall–Kier alpha value is -2.62. The van der Waals surface area contributed by atoms with Crippen molar-refractivity contribution in [3.63, 3.8) is 0 Å². The zero-order valence-corrected chi connectivity index (χ0v) is 31.3. The highest BCUT2D eigenvalue weighted by atomic mass is 16.5. The number of hydrogen-bond donors (Lipinski definition) is 0. The maximum atomic E-state index is 12.4. The van der Waals surface area contributed by atoms with E-state index in [1.54, 1.807) is 0 Å². The maximum Gasteiger partial charge on any atom is 0.314 e. The molecule has 0 spiro atoms. The molecule has 0 unspecified atom stereocenters. The van der Waals surface area contributed by atoms with Crippen LogP contribution in [0.2, 0.25) is 0 Å². The van der Waals surface area contributed by atoms with Crippen molar-refractivity contribution in [2.45, 2.75) is 162 Å². The number of hydrogen-bond acceptors (Lipinski definition) is 4. The number of rotatable bonds is 9. The monoisotopic (exact) mass is 670 g/mol. The third-order valence-electron chi connectivity index (χ3n) is 12.8. The molecule has 0 aliphatic heterocycles. The normalized spacial score (nSPS) is 30.4. The summed E-state index contributed by atoms with van der Waals surface area (Å²) in [6.07, 6.45) is 23.0. The Morgan fingerprint density at radius 2 is 0.878 bits per heavy atom. The van der Waals surface area contributed by atoms with E-state index in [1.165, 1.54) is 107 Å². The van der Waals surface area contributed by atoms with Gasteiger partial charge in [-0.2, -0.15) is 0 Å². The molecule has 0 radical (unpaired) electrons. The molecule has 4 aliphatic carbocycles. The largest absolute Gasteiger partial charge is 0.426 e. The summed E-state index contributed by atoms with van der Waals surface area (Å²) in [5.74, 6) is 6.37. The van der Waals surface area contributed by atoms with E-state index in [-0.39, 0.29) is 23.8 Å². The van der Waals surface area contributed by atoms with Gasteiger partial charge in [0.2, 0.25) is 0 Å². The van der Waals surface area contributed by atoms with Gasteiger partial charge in [0.05, 0.1) is 11.8 Å². The fourth-order valence-corrected chi connectivity index (χ4v) is 9.10. The average Bonchev–Trinajstić information content (AvgIpc) is 3.14. The molecule has 0 aromatic heterocycles. The van der Waals surface area contributed by atoms with Crippen LogP contribution >= 0.6 is 0 Å². The van der Waals surface area contributed by atoms with Crippen molar-refractivity contribution < 1.29 is 19.1 Å². The third-order valence-corrected chi connectivity index (χ3v) is 12.8. The summed E-state index contributed by atoms with van der Waals surface area (Å²) in [5.41, 5.74) is 2.82. The second-order valence-corrected chi connectivity index (χ2v) is 16.5. The van der Waals surface area contributed by atoms with Gasteiger partial charge < -0.3 is 9.47 Å². The van der Waals surface area contributed by atoms with E-state index in [9.17, 15) is 9.59 Å². The van der Waals surface area contributed by atoms with Crippen molar-refractivity contribution in [2.75, 3.05) is 0 Å². The van der Waals surface area contributed by atoms with Crippen LogP contribution in [-0.4, -0.2) is 11.9 Å². The van der Waals surface area contributed by atoms with Crippen molar-refractivity contribution in [2.24, 2.45) is 35.5 Å². The predicted molar refractivity (Wildman–Crippen MR) is 201 cm³/mol. The van der Waals surface area contributed by atoms with E-state index >= 15 is 0 Å². The molecule has 0 bridgehead atoms. The van der Waals surface area contributed by atoms with Crippen LogP contribution in [-0.2, 0) is 9.59 Å². The van der Waals surface area contributed by atoms with Crippen LogP contribution in [0.15, 0.2) is 48.5 Å². The first-order valence-electron chi connectivity index (χ1n) is 20.4. The molecule has 4 fully saturated rings. The number of ether oxygens (including phenoxy) is 2. The Morgan fingerprint density at radius 3 is 1.22 bits per heavy atom. The maximum absolute atomic E-state index is 12.4. The van der Waals surface area contributed by atoms with Crippen LogP contribution in [0.1, 0.15) is 173 Å². The highest BCUT2D eigenvalue weighted by Crippen LogP contribution is 2.38. The van der Waals surface area contributed by atoms with Crippen molar-refractivity contribution in [1.82, 2.24) is 0 Å². The first-order valence-corrected chi connectivity index (χ1v) is 20.4. The smallest absolute Gasteiger partial charge is 0.314 e. The highest BCUT2D eigenvalue weighted by molar-refractivity contribution is 5.75. The summed E-state index contributed by atoms with van der Waals surface area (Å²) in [5, 5.41) is 0. The van der Waals surface area contributed by atoms with Gasteiger partial charge in [-0.15, -0.1) is 0 Å². The molecule has 0 heterocycles. The van der Waals surface area contributed by atoms with Gasteiger partial charge in [0.1, 0.15) is 11.5 Å². The van der Waals surface area contributed by atoms with E-state index in [4.69, 9.17) is 9.47 Å². The minimum atomic E-state index is -0.0243. The minimum Gasteiger partial charge on any atom is -0.426 e. The average molecular weight is 671 g/mol. The topological polar surface area (TPSA) is 52.6 Å². The van der Waals surface area contributed by atoms with Crippen molar-refractivity contribution in [1.29, 1.82) is 0 Å². The first kappa shape index (κ1) is 37.6. The SMILES string of the molecule is CCC1CCC(C(=O)Oc2ccc(C3CCC(C)CC3)cc2)CC1.CCCC1CCC(C(=O)Oc2ccc(C3CCC(C)CC3)cc2)CC1. The van der Waals surface area contributed by atoms with Crippen LogP contribution in [0.4, 0.5) is 0 Å². The Balaban J connectivity index is 0.000000191. The molecule has 270 valence electrons. The van der Waals surface area contributed by atoms with Gasteiger partial charge in [0.15, 0.2) is 0 Å². The van der Waals surface area contributed by atoms with Gasteiger partial charge >= 0.3 is 11.9 Å². The summed E-state index contributed by atoms with van der Waals surface area (Å²) < 4.78 is 11.3. The van der Waals surface area contributed by atoms with E-state index in [0.717, 1.165) is 49.4 Å². The third kappa shape index (κ3) is 11.4. The molecule has 0 atom stereocenters. The van der Waals surface area contributed by atoms with E-state index in [2.05, 4.69) is 52.0 Å². The van der Waals surface area contributed by atoms with Gasteiger partial charge in [0, 0.05) is 0 Å². The van der Waals surface area contributed by atoms with Gasteiger partial charge in [-0.3, -0.25) is 9.59 Å². The Bertz CT molecular complexity index is 1250. The molecule has 49 heavy (non-hydrogen) atoms. The van der Waals surface area contributed by atoms with Gasteiger partial charge in [0.25, 0.3) is 0 Å². The quantitative estimate of drug-likeness (QED) is 0.197. The minimum absolute atomic E-state index is 0.0193. The zero-order chi connectivity index (χ0) is 34.6. The van der Waals surface area contributed by atoms with E-state index < -0.39 is 0 Å². The Labute approximate surface area is 298 Å². The standard InChI is InChI=1S/C23H34O2.C22H32O2/c1-3-4-18-7-11-21(12-8-18)23(24)25-22-15-13-20(14-16-22)19-9-5-17(2)6-10-19;1-3-17-6-10-20(11-7-17)22(23)24-21-14-12-19(13-15-21)18-8-4-16(2)5-9-18/h13-19,21H,3-12H2,1-2H3;12-18,20H,3-11H2,1-2H3. The molecule has 2 aromatic rings.